The molecule has 15 aromatic carbocycles. The zero-order valence-electron chi connectivity index (χ0n) is 56.9. The van der Waals surface area contributed by atoms with Crippen LogP contribution in [-0.4, -0.2) is 0 Å². The molecule has 17 aromatic rings. The Labute approximate surface area is 583 Å². The van der Waals surface area contributed by atoms with Crippen LogP contribution in [-0.2, 0) is 21.7 Å². The molecule has 4 nitrogen and oxygen atoms in total. The minimum Gasteiger partial charge on any atom is -0.454 e. The lowest BCUT2D eigenvalue weighted by molar-refractivity contribution is 0.572. The number of hydrogen-bond donors (Lipinski definition) is 0. The average molecular weight is 1290 g/mol. The second-order valence-corrected chi connectivity index (χ2v) is 29.5. The molecule has 0 amide bonds. The average Bonchev–Trinajstić information content (AvgIpc) is 1.50. The van der Waals surface area contributed by atoms with Gasteiger partial charge in [-0.1, -0.05) is 272 Å². The third kappa shape index (κ3) is 8.79. The van der Waals surface area contributed by atoms with E-state index in [-0.39, 0.29) is 10.8 Å². The molecular formula is C96H72N2O2. The van der Waals surface area contributed by atoms with Gasteiger partial charge in [-0.15, -0.1) is 0 Å². The first kappa shape index (κ1) is 59.3. The highest BCUT2D eigenvalue weighted by Crippen LogP contribution is 2.64. The van der Waals surface area contributed by atoms with E-state index in [0.29, 0.717) is 0 Å². The van der Waals surface area contributed by atoms with Gasteiger partial charge in [0.05, 0.1) is 22.2 Å². The fraction of sp³-hybridized carbons (Fsp3) is 0.104. The highest BCUT2D eigenvalue weighted by Gasteiger charge is 2.52. The molecule has 2 aliphatic carbocycles. The van der Waals surface area contributed by atoms with Crippen LogP contribution in [0.5, 0.6) is 0 Å². The lowest BCUT2D eigenvalue weighted by Gasteiger charge is -2.35. The standard InChI is InChI=1S/C96H72N2O2/c1-93(2,3)81-45-25-41-73-75-43-27-47-87(91(75)99-89(73)81)97(69-37-21-11-22-38-69)71-51-49-61-55-77-79-59-86-80(60-85(79)95(65-29-13-7-14-30-65,66-31-15-8-16-32-66)83(77)57-63(61)53-71)78-56-62-50-52-72(54-64(62)58-84(78)96(86,67-33-17-9-18-34-67)68-35-19-10-20-36-68)98(70-39-23-12-24-40-70)88-48-28-44-76-74-42-26-46-82(94(4,5)6)90(74)100-92(76)88/h7-60H,1-6H3. The largest absolute Gasteiger partial charge is 0.454 e. The lowest BCUT2D eigenvalue weighted by atomic mass is 9.66. The Morgan fingerprint density at radius 2 is 0.540 bits per heavy atom. The summed E-state index contributed by atoms with van der Waals surface area (Å²) >= 11 is 0. The van der Waals surface area contributed by atoms with Gasteiger partial charge in [-0.3, -0.25) is 0 Å². The van der Waals surface area contributed by atoms with E-state index in [4.69, 9.17) is 8.83 Å². The Morgan fingerprint density at radius 3 is 0.880 bits per heavy atom. The summed E-state index contributed by atoms with van der Waals surface area (Å²) in [5, 5.41) is 9.07. The monoisotopic (exact) mass is 1280 g/mol. The summed E-state index contributed by atoms with van der Waals surface area (Å²) in [5.74, 6) is 0. The fourth-order valence-electron chi connectivity index (χ4n) is 17.4. The van der Waals surface area contributed by atoms with Gasteiger partial charge in [-0.2, -0.15) is 0 Å². The zero-order valence-corrected chi connectivity index (χ0v) is 56.9. The van der Waals surface area contributed by atoms with Gasteiger partial charge in [-0.25, -0.2) is 0 Å². The normalized spacial score (nSPS) is 13.7. The van der Waals surface area contributed by atoms with Crippen LogP contribution in [0.2, 0.25) is 0 Å². The minimum absolute atomic E-state index is 0.114. The maximum absolute atomic E-state index is 7.15. The number of para-hydroxylation sites is 6. The van der Waals surface area contributed by atoms with Crippen molar-refractivity contribution in [3.63, 3.8) is 0 Å². The van der Waals surface area contributed by atoms with Crippen molar-refractivity contribution in [3.8, 4) is 22.3 Å². The number of furan rings is 2. The molecule has 2 heterocycles. The van der Waals surface area contributed by atoms with Crippen molar-refractivity contribution in [2.45, 2.75) is 63.2 Å². The molecule has 0 atom stereocenters. The van der Waals surface area contributed by atoms with Crippen molar-refractivity contribution in [2.75, 3.05) is 9.80 Å². The van der Waals surface area contributed by atoms with Crippen LogP contribution in [0.1, 0.15) is 97.2 Å². The first-order valence-electron chi connectivity index (χ1n) is 35.0. The topological polar surface area (TPSA) is 32.8 Å². The second kappa shape index (κ2) is 22.3. The van der Waals surface area contributed by atoms with Crippen molar-refractivity contribution in [2.24, 2.45) is 0 Å². The lowest BCUT2D eigenvalue weighted by Crippen LogP contribution is -2.30. The van der Waals surface area contributed by atoms with E-state index in [1.165, 1.54) is 77.9 Å². The summed E-state index contributed by atoms with van der Waals surface area (Å²) in [7, 11) is 0. The van der Waals surface area contributed by atoms with E-state index in [2.05, 4.69) is 379 Å². The van der Waals surface area contributed by atoms with Gasteiger partial charge in [0.2, 0.25) is 0 Å². The molecule has 0 bridgehead atoms. The number of hydrogen-bond acceptors (Lipinski definition) is 4. The van der Waals surface area contributed by atoms with Crippen LogP contribution in [0.4, 0.5) is 34.1 Å². The summed E-state index contributed by atoms with van der Waals surface area (Å²) in [6.07, 6.45) is 0. The predicted octanol–water partition coefficient (Wildman–Crippen LogP) is 26.1. The van der Waals surface area contributed by atoms with Gasteiger partial charge < -0.3 is 18.6 Å². The van der Waals surface area contributed by atoms with Crippen LogP contribution in [0.25, 0.3) is 87.7 Å². The number of rotatable bonds is 10. The van der Waals surface area contributed by atoms with Crippen molar-refractivity contribution >= 4 is 99.5 Å². The van der Waals surface area contributed by atoms with E-state index in [9.17, 15) is 0 Å². The van der Waals surface area contributed by atoms with Gasteiger partial charge in [0.25, 0.3) is 0 Å². The van der Waals surface area contributed by atoms with E-state index >= 15 is 0 Å². The molecule has 478 valence electrons. The van der Waals surface area contributed by atoms with Crippen LogP contribution < -0.4 is 9.80 Å². The maximum atomic E-state index is 7.15. The summed E-state index contributed by atoms with van der Waals surface area (Å²) in [5.41, 5.74) is 25.2. The minimum atomic E-state index is -0.731. The van der Waals surface area contributed by atoms with Gasteiger partial charge >= 0.3 is 0 Å². The summed E-state index contributed by atoms with van der Waals surface area (Å²) < 4.78 is 14.3. The third-order valence-corrected chi connectivity index (χ3v) is 21.8. The second-order valence-electron chi connectivity index (χ2n) is 29.5. The zero-order chi connectivity index (χ0) is 67.2. The molecule has 0 fully saturated rings. The molecule has 100 heavy (non-hydrogen) atoms. The Balaban J connectivity index is 0.845. The van der Waals surface area contributed by atoms with Crippen LogP contribution in [0, 0.1) is 0 Å². The SMILES string of the molecule is CC(C)(C)c1cccc2c1oc1c(N(c3ccccc3)c3ccc4cc5c(cc4c3)C(c3ccccc3)(c3ccccc3)c3cc4c(cc3-5)C(c3ccccc3)(c3ccccc3)c3cc5cc(N(c6ccccc6)c6cccc7c6oc6c(C(C)(C)C)cccc67)ccc5cc3-4)cccc12. The fourth-order valence-corrected chi connectivity index (χ4v) is 17.4. The molecule has 2 aliphatic rings. The van der Waals surface area contributed by atoms with Crippen molar-refractivity contribution in [1.29, 1.82) is 0 Å². The Hall–Kier alpha value is -12.0. The van der Waals surface area contributed by atoms with E-state index in [1.54, 1.807) is 0 Å². The Bertz CT molecular complexity index is 5640. The molecule has 0 saturated heterocycles. The van der Waals surface area contributed by atoms with Gasteiger partial charge in [0.1, 0.15) is 11.2 Å². The Kier molecular flexibility index (Phi) is 13.2. The molecule has 0 aliphatic heterocycles. The molecule has 0 saturated carbocycles. The highest BCUT2D eigenvalue weighted by atomic mass is 16.3. The third-order valence-electron chi connectivity index (χ3n) is 21.8. The number of fused-ring (bicyclic) bond motifs is 14. The first-order valence-corrected chi connectivity index (χ1v) is 35.0. The predicted molar refractivity (Wildman–Crippen MR) is 417 cm³/mol. The Morgan fingerprint density at radius 1 is 0.240 bits per heavy atom. The first-order chi connectivity index (χ1) is 48.8. The van der Waals surface area contributed by atoms with E-state index < -0.39 is 10.8 Å². The molecule has 0 spiro atoms. The van der Waals surface area contributed by atoms with E-state index in [1.807, 2.05) is 0 Å². The molecular weight excluding hydrogens is 1210 g/mol. The van der Waals surface area contributed by atoms with E-state index in [0.717, 1.165) is 99.5 Å². The number of anilines is 6. The molecule has 4 heteroatoms. The van der Waals surface area contributed by atoms with Gasteiger partial charge in [0.15, 0.2) is 11.2 Å². The smallest absolute Gasteiger partial charge is 0.159 e. The molecule has 2 aromatic heterocycles. The summed E-state index contributed by atoms with van der Waals surface area (Å²) in [4.78, 5) is 4.77. The molecule has 0 radical (unpaired) electrons. The molecule has 19 rings (SSSR count). The van der Waals surface area contributed by atoms with Gasteiger partial charge in [0, 0.05) is 55.4 Å². The van der Waals surface area contributed by atoms with Crippen LogP contribution in [0.15, 0.2) is 336 Å². The number of benzene rings is 15. The number of nitrogens with zero attached hydrogens (tertiary/aromatic N) is 2. The summed E-state index contributed by atoms with van der Waals surface area (Å²) in [6.45, 7) is 13.6. The molecule has 0 N–H and O–H groups in total. The van der Waals surface area contributed by atoms with Gasteiger partial charge in [-0.05, 0) is 196 Å². The highest BCUT2D eigenvalue weighted by molar-refractivity contribution is 6.13. The van der Waals surface area contributed by atoms with Crippen LogP contribution in [0.3, 0.4) is 0 Å². The summed E-state index contributed by atoms with van der Waals surface area (Å²) in [6, 6.07) is 122. The van der Waals surface area contributed by atoms with Crippen molar-refractivity contribution < 1.29 is 8.83 Å². The molecule has 0 unspecified atom stereocenters. The van der Waals surface area contributed by atoms with Crippen molar-refractivity contribution in [3.05, 3.63) is 383 Å². The van der Waals surface area contributed by atoms with Crippen molar-refractivity contribution in [1.82, 2.24) is 0 Å². The maximum Gasteiger partial charge on any atom is 0.159 e. The van der Waals surface area contributed by atoms with Crippen LogP contribution >= 0.6 is 0 Å². The quantitative estimate of drug-likeness (QED) is 0.137.